The summed E-state index contributed by atoms with van der Waals surface area (Å²) in [6, 6.07) is 9.79. The van der Waals surface area contributed by atoms with Gasteiger partial charge in [0.15, 0.2) is 0 Å². The Bertz CT molecular complexity index is 462. The number of benzene rings is 1. The summed E-state index contributed by atoms with van der Waals surface area (Å²) >= 11 is 0. The van der Waals surface area contributed by atoms with E-state index in [9.17, 15) is 4.79 Å². The van der Waals surface area contributed by atoms with Crippen LogP contribution in [0.25, 0.3) is 11.3 Å². The quantitative estimate of drug-likeness (QED) is 0.780. The number of imidazole rings is 1. The number of carbonyl (C=O) groups excluding carboxylic acids is 1. The van der Waals surface area contributed by atoms with Crippen LogP contribution in [0, 0.1) is 0 Å². The van der Waals surface area contributed by atoms with Gasteiger partial charge in [-0.3, -0.25) is 4.79 Å². The van der Waals surface area contributed by atoms with Crippen molar-refractivity contribution in [1.82, 2.24) is 9.97 Å². The van der Waals surface area contributed by atoms with E-state index in [1.54, 1.807) is 6.20 Å². The van der Waals surface area contributed by atoms with E-state index in [1.807, 2.05) is 30.3 Å². The molecule has 2 rings (SSSR count). The third kappa shape index (κ3) is 2.22. The lowest BCUT2D eigenvalue weighted by molar-refractivity contribution is -0.117. The topological polar surface area (TPSA) is 71.8 Å². The van der Waals surface area contributed by atoms with E-state index in [-0.39, 0.29) is 12.3 Å². The Morgan fingerprint density at radius 2 is 2.07 bits per heavy atom. The minimum Gasteiger partial charge on any atom is -0.369 e. The lowest BCUT2D eigenvalue weighted by Gasteiger charge is -1.95. The third-order valence-electron chi connectivity index (χ3n) is 2.05. The molecule has 1 aromatic carbocycles. The number of H-pyrrole nitrogens is 1. The number of primary amides is 1. The number of amides is 1. The second-order valence-electron chi connectivity index (χ2n) is 3.25. The first kappa shape index (κ1) is 9.45. The van der Waals surface area contributed by atoms with Crippen LogP contribution in [0.3, 0.4) is 0 Å². The number of hydrogen-bond donors (Lipinski definition) is 2. The molecular weight excluding hydrogens is 190 g/mol. The number of aromatic nitrogens is 2. The number of rotatable bonds is 3. The van der Waals surface area contributed by atoms with Crippen molar-refractivity contribution in [2.75, 3.05) is 0 Å². The van der Waals surface area contributed by atoms with E-state index in [1.165, 1.54) is 0 Å². The zero-order valence-electron chi connectivity index (χ0n) is 8.10. The van der Waals surface area contributed by atoms with Gasteiger partial charge in [0.2, 0.25) is 5.91 Å². The second-order valence-corrected chi connectivity index (χ2v) is 3.25. The Kier molecular flexibility index (Phi) is 2.49. The smallest absolute Gasteiger partial charge is 0.225 e. The monoisotopic (exact) mass is 201 g/mol. The minimum absolute atomic E-state index is 0.146. The minimum atomic E-state index is -0.385. The maximum atomic E-state index is 10.7. The standard InChI is InChI=1S/C11H11N3O/c12-10(15)6-11-13-7-9(14-11)8-4-2-1-3-5-8/h1-5,7H,6H2,(H2,12,15)(H,13,14). The number of nitrogens with zero attached hydrogens (tertiary/aromatic N) is 1. The highest BCUT2D eigenvalue weighted by Gasteiger charge is 2.04. The average Bonchev–Trinajstić information content (AvgIpc) is 2.67. The van der Waals surface area contributed by atoms with Gasteiger partial charge in [0.05, 0.1) is 18.3 Å². The summed E-state index contributed by atoms with van der Waals surface area (Å²) < 4.78 is 0. The van der Waals surface area contributed by atoms with Crippen molar-refractivity contribution in [3.8, 4) is 11.3 Å². The molecule has 3 N–H and O–H groups in total. The Balaban J connectivity index is 2.24. The first-order valence-corrected chi connectivity index (χ1v) is 4.63. The van der Waals surface area contributed by atoms with Crippen LogP contribution >= 0.6 is 0 Å². The molecule has 0 saturated carbocycles. The average molecular weight is 201 g/mol. The van der Waals surface area contributed by atoms with Crippen LogP contribution in [0.15, 0.2) is 36.5 Å². The van der Waals surface area contributed by atoms with Crippen molar-refractivity contribution in [2.45, 2.75) is 6.42 Å². The van der Waals surface area contributed by atoms with E-state index in [2.05, 4.69) is 9.97 Å². The molecular formula is C11H11N3O. The van der Waals surface area contributed by atoms with Gasteiger partial charge in [-0.1, -0.05) is 30.3 Å². The van der Waals surface area contributed by atoms with Crippen molar-refractivity contribution in [3.63, 3.8) is 0 Å². The van der Waals surface area contributed by atoms with Crippen LogP contribution in [0.2, 0.25) is 0 Å². The van der Waals surface area contributed by atoms with Gasteiger partial charge in [0.1, 0.15) is 5.82 Å². The zero-order chi connectivity index (χ0) is 10.7. The SMILES string of the molecule is NC(=O)Cc1ncc(-c2ccccc2)[nH]1. The van der Waals surface area contributed by atoms with Gasteiger partial charge in [0, 0.05) is 0 Å². The maximum Gasteiger partial charge on any atom is 0.225 e. The molecule has 0 aliphatic rings. The van der Waals surface area contributed by atoms with Crippen LogP contribution in [-0.4, -0.2) is 15.9 Å². The summed E-state index contributed by atoms with van der Waals surface area (Å²) in [5.74, 6) is 0.213. The van der Waals surface area contributed by atoms with Crippen LogP contribution in [0.4, 0.5) is 0 Å². The van der Waals surface area contributed by atoms with Crippen LogP contribution in [0.5, 0.6) is 0 Å². The molecule has 1 amide bonds. The van der Waals surface area contributed by atoms with Crippen molar-refractivity contribution >= 4 is 5.91 Å². The molecule has 2 aromatic rings. The number of aromatic amines is 1. The number of hydrogen-bond acceptors (Lipinski definition) is 2. The highest BCUT2D eigenvalue weighted by atomic mass is 16.1. The first-order chi connectivity index (χ1) is 7.25. The molecule has 1 heterocycles. The van der Waals surface area contributed by atoms with Crippen molar-refractivity contribution in [1.29, 1.82) is 0 Å². The highest BCUT2D eigenvalue weighted by molar-refractivity contribution is 5.76. The van der Waals surface area contributed by atoms with Crippen LogP contribution < -0.4 is 5.73 Å². The predicted octanol–water partition coefficient (Wildman–Crippen LogP) is 1.10. The van der Waals surface area contributed by atoms with Crippen molar-refractivity contribution < 1.29 is 4.79 Å². The molecule has 0 fully saturated rings. The Labute approximate surface area is 87.1 Å². The lowest BCUT2D eigenvalue weighted by atomic mass is 10.2. The van der Waals surface area contributed by atoms with Gasteiger partial charge in [-0.15, -0.1) is 0 Å². The van der Waals surface area contributed by atoms with E-state index in [0.29, 0.717) is 5.82 Å². The van der Waals surface area contributed by atoms with Gasteiger partial charge < -0.3 is 10.7 Å². The van der Waals surface area contributed by atoms with Crippen LogP contribution in [0.1, 0.15) is 5.82 Å². The number of carbonyl (C=O) groups is 1. The molecule has 15 heavy (non-hydrogen) atoms. The summed E-state index contributed by atoms with van der Waals surface area (Å²) in [5.41, 5.74) is 7.01. The molecule has 0 saturated heterocycles. The Hall–Kier alpha value is -2.10. The molecule has 76 valence electrons. The van der Waals surface area contributed by atoms with Crippen LogP contribution in [-0.2, 0) is 11.2 Å². The molecule has 0 atom stereocenters. The number of nitrogens with one attached hydrogen (secondary N) is 1. The molecule has 0 aliphatic heterocycles. The summed E-state index contributed by atoms with van der Waals surface area (Å²) in [4.78, 5) is 17.8. The van der Waals surface area contributed by atoms with Crippen molar-refractivity contribution in [3.05, 3.63) is 42.4 Å². The summed E-state index contributed by atoms with van der Waals surface area (Å²) in [7, 11) is 0. The van der Waals surface area contributed by atoms with E-state index in [0.717, 1.165) is 11.3 Å². The summed E-state index contributed by atoms with van der Waals surface area (Å²) in [6.07, 6.45) is 1.85. The fourth-order valence-corrected chi connectivity index (χ4v) is 1.38. The van der Waals surface area contributed by atoms with Gasteiger partial charge in [0.25, 0.3) is 0 Å². The van der Waals surface area contributed by atoms with Gasteiger partial charge in [-0.2, -0.15) is 0 Å². The molecule has 0 aliphatic carbocycles. The molecule has 0 bridgehead atoms. The molecule has 4 nitrogen and oxygen atoms in total. The van der Waals surface area contributed by atoms with Gasteiger partial charge in [-0.05, 0) is 5.56 Å². The fraction of sp³-hybridized carbons (Fsp3) is 0.0909. The Morgan fingerprint density at radius 1 is 1.33 bits per heavy atom. The molecule has 0 spiro atoms. The largest absolute Gasteiger partial charge is 0.369 e. The van der Waals surface area contributed by atoms with Gasteiger partial charge in [-0.25, -0.2) is 4.98 Å². The zero-order valence-corrected chi connectivity index (χ0v) is 8.10. The van der Waals surface area contributed by atoms with Gasteiger partial charge >= 0.3 is 0 Å². The normalized spacial score (nSPS) is 10.1. The lowest BCUT2D eigenvalue weighted by Crippen LogP contribution is -2.14. The molecule has 4 heteroatoms. The fourth-order valence-electron chi connectivity index (χ4n) is 1.38. The molecule has 0 unspecified atom stereocenters. The first-order valence-electron chi connectivity index (χ1n) is 4.63. The van der Waals surface area contributed by atoms with E-state index >= 15 is 0 Å². The highest BCUT2D eigenvalue weighted by Crippen LogP contribution is 2.15. The van der Waals surface area contributed by atoms with Crippen molar-refractivity contribution in [2.24, 2.45) is 5.73 Å². The predicted molar refractivity (Wildman–Crippen MR) is 56.9 cm³/mol. The second kappa shape index (κ2) is 3.96. The van der Waals surface area contributed by atoms with E-state index < -0.39 is 0 Å². The maximum absolute atomic E-state index is 10.7. The summed E-state index contributed by atoms with van der Waals surface area (Å²) in [6.45, 7) is 0. The molecule has 0 radical (unpaired) electrons. The molecule has 1 aromatic heterocycles. The number of nitrogens with two attached hydrogens (primary N) is 1. The summed E-state index contributed by atoms with van der Waals surface area (Å²) in [5, 5.41) is 0. The Morgan fingerprint density at radius 3 is 2.73 bits per heavy atom. The van der Waals surface area contributed by atoms with E-state index in [4.69, 9.17) is 5.73 Å². The third-order valence-corrected chi connectivity index (χ3v) is 2.05.